The zero-order valence-corrected chi connectivity index (χ0v) is 13.7. The maximum absolute atomic E-state index is 12.8. The molecule has 0 aromatic heterocycles. The highest BCUT2D eigenvalue weighted by Crippen LogP contribution is 2.12. The molecule has 2 aromatic carbocycles. The molecular weight excluding hydrogens is 291 g/mol. The van der Waals surface area contributed by atoms with Gasteiger partial charge in [0.05, 0.1) is 0 Å². The molecule has 0 unspecified atom stereocenters. The van der Waals surface area contributed by atoms with E-state index in [1.165, 1.54) is 17.7 Å². The molecule has 1 N–H and O–H groups in total. The summed E-state index contributed by atoms with van der Waals surface area (Å²) in [6.07, 6.45) is 1.87. The van der Waals surface area contributed by atoms with Gasteiger partial charge in [-0.25, -0.2) is 4.39 Å². The number of hydrogen-bond donors (Lipinski definition) is 1. The Kier molecular flexibility index (Phi) is 6.15. The van der Waals surface area contributed by atoms with E-state index in [-0.39, 0.29) is 11.7 Å². The molecule has 4 heteroatoms. The molecule has 0 fully saturated rings. The summed E-state index contributed by atoms with van der Waals surface area (Å²) >= 11 is 0. The summed E-state index contributed by atoms with van der Waals surface area (Å²) in [5.74, 6) is -0.224. The van der Waals surface area contributed by atoms with Crippen molar-refractivity contribution in [2.24, 2.45) is 0 Å². The molecule has 3 nitrogen and oxygen atoms in total. The SMILES string of the molecule is CN(C)c1ccc(CCNC(=O)CCc2ccc(F)cc2)cc1. The molecule has 2 aromatic rings. The van der Waals surface area contributed by atoms with Crippen molar-refractivity contribution >= 4 is 11.6 Å². The summed E-state index contributed by atoms with van der Waals surface area (Å²) < 4.78 is 12.8. The first kappa shape index (κ1) is 17.0. The molecular formula is C19H23FN2O. The Bertz CT molecular complexity index is 621. The highest BCUT2D eigenvalue weighted by Gasteiger charge is 2.03. The molecule has 0 aliphatic rings. The molecule has 0 heterocycles. The van der Waals surface area contributed by atoms with Crippen molar-refractivity contribution in [1.82, 2.24) is 5.32 Å². The van der Waals surface area contributed by atoms with Crippen LogP contribution in [0.15, 0.2) is 48.5 Å². The highest BCUT2D eigenvalue weighted by atomic mass is 19.1. The number of halogens is 1. The maximum atomic E-state index is 12.8. The lowest BCUT2D eigenvalue weighted by molar-refractivity contribution is -0.121. The number of amides is 1. The minimum atomic E-state index is -0.251. The van der Waals surface area contributed by atoms with Crippen molar-refractivity contribution in [3.8, 4) is 0 Å². The number of nitrogens with one attached hydrogen (secondary N) is 1. The molecule has 0 saturated heterocycles. The first-order chi connectivity index (χ1) is 11.0. The smallest absolute Gasteiger partial charge is 0.220 e. The number of rotatable bonds is 7. The Morgan fingerprint density at radius 2 is 1.52 bits per heavy atom. The third-order valence-electron chi connectivity index (χ3n) is 3.74. The average molecular weight is 314 g/mol. The fourth-order valence-corrected chi connectivity index (χ4v) is 2.30. The molecule has 1 amide bonds. The van der Waals surface area contributed by atoms with Gasteiger partial charge >= 0.3 is 0 Å². The van der Waals surface area contributed by atoms with E-state index in [1.807, 2.05) is 14.1 Å². The number of hydrogen-bond acceptors (Lipinski definition) is 2. The van der Waals surface area contributed by atoms with Crippen LogP contribution in [0.1, 0.15) is 17.5 Å². The van der Waals surface area contributed by atoms with E-state index < -0.39 is 0 Å². The Balaban J connectivity index is 1.69. The molecule has 0 spiro atoms. The lowest BCUT2D eigenvalue weighted by atomic mass is 10.1. The van der Waals surface area contributed by atoms with Crippen molar-refractivity contribution in [3.05, 3.63) is 65.5 Å². The topological polar surface area (TPSA) is 32.3 Å². The zero-order chi connectivity index (χ0) is 16.7. The minimum Gasteiger partial charge on any atom is -0.378 e. The molecule has 2 rings (SSSR count). The van der Waals surface area contributed by atoms with E-state index >= 15 is 0 Å². The van der Waals surface area contributed by atoms with Gasteiger partial charge in [0.15, 0.2) is 0 Å². The second kappa shape index (κ2) is 8.32. The van der Waals surface area contributed by atoms with E-state index in [4.69, 9.17) is 0 Å². The van der Waals surface area contributed by atoms with Crippen LogP contribution in [0.4, 0.5) is 10.1 Å². The van der Waals surface area contributed by atoms with Crippen LogP contribution in [0.3, 0.4) is 0 Å². The Morgan fingerprint density at radius 1 is 0.957 bits per heavy atom. The normalized spacial score (nSPS) is 10.4. The van der Waals surface area contributed by atoms with Gasteiger partial charge in [-0.05, 0) is 48.2 Å². The van der Waals surface area contributed by atoms with E-state index in [0.29, 0.717) is 19.4 Å². The predicted molar refractivity (Wildman–Crippen MR) is 92.2 cm³/mol. The number of carbonyl (C=O) groups is 1. The molecule has 0 saturated carbocycles. The third-order valence-corrected chi connectivity index (χ3v) is 3.74. The van der Waals surface area contributed by atoms with E-state index in [2.05, 4.69) is 34.5 Å². The van der Waals surface area contributed by atoms with Crippen LogP contribution < -0.4 is 10.2 Å². The van der Waals surface area contributed by atoms with Gasteiger partial charge in [0.2, 0.25) is 5.91 Å². The zero-order valence-electron chi connectivity index (χ0n) is 13.7. The Hall–Kier alpha value is -2.36. The molecule has 0 atom stereocenters. The Morgan fingerprint density at radius 3 is 2.13 bits per heavy atom. The monoisotopic (exact) mass is 314 g/mol. The van der Waals surface area contributed by atoms with Gasteiger partial charge < -0.3 is 10.2 Å². The second-order valence-corrected chi connectivity index (χ2v) is 5.79. The molecule has 0 radical (unpaired) electrons. The third kappa shape index (κ3) is 5.74. The van der Waals surface area contributed by atoms with Gasteiger partial charge in [-0.3, -0.25) is 4.79 Å². The van der Waals surface area contributed by atoms with Crippen LogP contribution in [0.2, 0.25) is 0 Å². The molecule has 122 valence electrons. The number of anilines is 1. The fraction of sp³-hybridized carbons (Fsp3) is 0.316. The number of carbonyl (C=O) groups excluding carboxylic acids is 1. The molecule has 23 heavy (non-hydrogen) atoms. The van der Waals surface area contributed by atoms with Crippen molar-refractivity contribution < 1.29 is 9.18 Å². The lowest BCUT2D eigenvalue weighted by Gasteiger charge is -2.12. The van der Waals surface area contributed by atoms with Gasteiger partial charge in [0, 0.05) is 32.7 Å². The van der Waals surface area contributed by atoms with Crippen LogP contribution in [0, 0.1) is 5.82 Å². The maximum Gasteiger partial charge on any atom is 0.220 e. The van der Waals surface area contributed by atoms with Gasteiger partial charge in [-0.15, -0.1) is 0 Å². The van der Waals surface area contributed by atoms with Crippen molar-refractivity contribution in [2.75, 3.05) is 25.5 Å². The predicted octanol–water partition coefficient (Wildman–Crippen LogP) is 3.18. The first-order valence-electron chi connectivity index (χ1n) is 7.82. The summed E-state index contributed by atoms with van der Waals surface area (Å²) in [4.78, 5) is 13.9. The van der Waals surface area contributed by atoms with Crippen LogP contribution >= 0.6 is 0 Å². The second-order valence-electron chi connectivity index (χ2n) is 5.79. The largest absolute Gasteiger partial charge is 0.378 e. The van der Waals surface area contributed by atoms with Gasteiger partial charge in [0.1, 0.15) is 5.82 Å². The first-order valence-corrected chi connectivity index (χ1v) is 7.82. The van der Waals surface area contributed by atoms with Crippen LogP contribution in [0.5, 0.6) is 0 Å². The van der Waals surface area contributed by atoms with E-state index in [0.717, 1.165) is 17.7 Å². The number of aryl methyl sites for hydroxylation is 1. The summed E-state index contributed by atoms with van der Waals surface area (Å²) in [6.45, 7) is 0.629. The van der Waals surface area contributed by atoms with Gasteiger partial charge in [-0.1, -0.05) is 24.3 Å². The summed E-state index contributed by atoms with van der Waals surface area (Å²) in [7, 11) is 4.02. The number of benzene rings is 2. The van der Waals surface area contributed by atoms with E-state index in [1.54, 1.807) is 12.1 Å². The summed E-state index contributed by atoms with van der Waals surface area (Å²) in [5.41, 5.74) is 3.34. The van der Waals surface area contributed by atoms with Gasteiger partial charge in [0.25, 0.3) is 0 Å². The van der Waals surface area contributed by atoms with Crippen molar-refractivity contribution in [2.45, 2.75) is 19.3 Å². The van der Waals surface area contributed by atoms with Crippen LogP contribution in [0.25, 0.3) is 0 Å². The van der Waals surface area contributed by atoms with Crippen molar-refractivity contribution in [1.29, 1.82) is 0 Å². The van der Waals surface area contributed by atoms with E-state index in [9.17, 15) is 9.18 Å². The summed E-state index contributed by atoms with van der Waals surface area (Å²) in [6, 6.07) is 14.6. The Labute approximate surface area is 137 Å². The summed E-state index contributed by atoms with van der Waals surface area (Å²) in [5, 5.41) is 2.93. The highest BCUT2D eigenvalue weighted by molar-refractivity contribution is 5.76. The fourth-order valence-electron chi connectivity index (χ4n) is 2.30. The standard InChI is InChI=1S/C19H23FN2O/c1-22(2)18-10-5-16(6-11-18)13-14-21-19(23)12-7-15-3-8-17(20)9-4-15/h3-6,8-11H,7,12-14H2,1-2H3,(H,21,23). The van der Waals surface area contributed by atoms with Crippen LogP contribution in [-0.2, 0) is 17.6 Å². The minimum absolute atomic E-state index is 0.0271. The quantitative estimate of drug-likeness (QED) is 0.851. The van der Waals surface area contributed by atoms with Crippen molar-refractivity contribution in [3.63, 3.8) is 0 Å². The molecule has 0 bridgehead atoms. The molecule has 0 aliphatic heterocycles. The lowest BCUT2D eigenvalue weighted by Crippen LogP contribution is -2.25. The molecule has 0 aliphatic carbocycles. The van der Waals surface area contributed by atoms with Gasteiger partial charge in [-0.2, -0.15) is 0 Å². The number of nitrogens with zero attached hydrogens (tertiary/aromatic N) is 1. The average Bonchev–Trinajstić information content (AvgIpc) is 2.55. The van der Waals surface area contributed by atoms with Crippen LogP contribution in [-0.4, -0.2) is 26.5 Å².